The van der Waals surface area contributed by atoms with Crippen LogP contribution in [0, 0.1) is 18.7 Å². The molecule has 0 radical (unpaired) electrons. The van der Waals surface area contributed by atoms with Crippen molar-refractivity contribution in [2.45, 2.75) is 39.2 Å². The lowest BCUT2D eigenvalue weighted by Gasteiger charge is -2.22. The highest BCUT2D eigenvalue weighted by molar-refractivity contribution is 5.75. The second-order valence-electron chi connectivity index (χ2n) is 6.67. The topological polar surface area (TPSA) is 59.0 Å². The lowest BCUT2D eigenvalue weighted by atomic mass is 9.93. The van der Waals surface area contributed by atoms with Gasteiger partial charge in [-0.15, -0.1) is 0 Å². The van der Waals surface area contributed by atoms with Gasteiger partial charge in [-0.25, -0.2) is 9.07 Å². The molecule has 1 aliphatic heterocycles. The molecule has 2 heterocycles. The Morgan fingerprint density at radius 3 is 2.76 bits per heavy atom. The molecule has 1 aromatic heterocycles. The summed E-state index contributed by atoms with van der Waals surface area (Å²) in [6.07, 6.45) is 5.75. The Morgan fingerprint density at radius 1 is 1.32 bits per heavy atom. The standard InChI is InChI=1S/C19H25FN4O/c1-14-16(13-24(23-14)18-5-3-17(20)4-6-18)12-22-19(25)7-2-15-8-10-21-11-9-15/h3-6,13,15,21H,2,7-12H2,1H3,(H,22,25). The van der Waals surface area contributed by atoms with Gasteiger partial charge >= 0.3 is 0 Å². The Morgan fingerprint density at radius 2 is 2.04 bits per heavy atom. The van der Waals surface area contributed by atoms with Crippen LogP contribution in [0.4, 0.5) is 4.39 Å². The number of aromatic nitrogens is 2. The number of nitrogens with zero attached hydrogens (tertiary/aromatic N) is 2. The number of carbonyl (C=O) groups excluding carboxylic acids is 1. The molecule has 0 atom stereocenters. The lowest BCUT2D eigenvalue weighted by molar-refractivity contribution is -0.121. The monoisotopic (exact) mass is 344 g/mol. The maximum atomic E-state index is 13.0. The minimum atomic E-state index is -0.270. The maximum absolute atomic E-state index is 13.0. The molecular formula is C19H25FN4O. The average molecular weight is 344 g/mol. The Labute approximate surface area is 147 Å². The van der Waals surface area contributed by atoms with Crippen LogP contribution in [0.5, 0.6) is 0 Å². The molecule has 0 bridgehead atoms. The van der Waals surface area contributed by atoms with Crippen molar-refractivity contribution in [2.24, 2.45) is 5.92 Å². The van der Waals surface area contributed by atoms with Crippen molar-refractivity contribution in [1.29, 1.82) is 0 Å². The van der Waals surface area contributed by atoms with Crippen LogP contribution >= 0.6 is 0 Å². The number of rotatable bonds is 6. The zero-order chi connectivity index (χ0) is 17.6. The summed E-state index contributed by atoms with van der Waals surface area (Å²) in [5, 5.41) is 10.8. The third-order valence-corrected chi connectivity index (χ3v) is 4.81. The van der Waals surface area contributed by atoms with E-state index >= 15 is 0 Å². The first kappa shape index (κ1) is 17.6. The summed E-state index contributed by atoms with van der Waals surface area (Å²) < 4.78 is 14.7. The maximum Gasteiger partial charge on any atom is 0.220 e. The van der Waals surface area contributed by atoms with Gasteiger partial charge in [0.15, 0.2) is 0 Å². The molecule has 5 nitrogen and oxygen atoms in total. The molecule has 0 aliphatic carbocycles. The van der Waals surface area contributed by atoms with E-state index in [1.165, 1.54) is 12.1 Å². The van der Waals surface area contributed by atoms with E-state index < -0.39 is 0 Å². The van der Waals surface area contributed by atoms with Crippen molar-refractivity contribution < 1.29 is 9.18 Å². The number of carbonyl (C=O) groups is 1. The number of halogens is 1. The summed E-state index contributed by atoms with van der Waals surface area (Å²) in [5.41, 5.74) is 2.63. The molecule has 1 fully saturated rings. The molecule has 3 rings (SSSR count). The smallest absolute Gasteiger partial charge is 0.220 e. The SMILES string of the molecule is Cc1nn(-c2ccc(F)cc2)cc1CNC(=O)CCC1CCNCC1. The number of benzene rings is 1. The molecule has 1 saturated heterocycles. The average Bonchev–Trinajstić information content (AvgIpc) is 3.00. The zero-order valence-corrected chi connectivity index (χ0v) is 14.6. The van der Waals surface area contributed by atoms with Crippen molar-refractivity contribution >= 4 is 5.91 Å². The Kier molecular flexibility index (Phi) is 5.81. The molecule has 6 heteroatoms. The van der Waals surface area contributed by atoms with Crippen LogP contribution in [0.15, 0.2) is 30.5 Å². The number of hydrogen-bond acceptors (Lipinski definition) is 3. The Bertz CT molecular complexity index is 705. The molecule has 0 saturated carbocycles. The largest absolute Gasteiger partial charge is 0.352 e. The highest BCUT2D eigenvalue weighted by Gasteiger charge is 2.15. The summed E-state index contributed by atoms with van der Waals surface area (Å²) >= 11 is 0. The van der Waals surface area contributed by atoms with E-state index in [1.54, 1.807) is 16.8 Å². The van der Waals surface area contributed by atoms with Gasteiger partial charge in [0.1, 0.15) is 5.82 Å². The first-order valence-corrected chi connectivity index (χ1v) is 8.90. The normalized spacial score (nSPS) is 15.3. The predicted molar refractivity (Wildman–Crippen MR) is 94.9 cm³/mol. The third kappa shape index (κ3) is 4.89. The molecule has 1 amide bonds. The van der Waals surface area contributed by atoms with Gasteiger partial charge in [-0.1, -0.05) is 0 Å². The van der Waals surface area contributed by atoms with Crippen molar-refractivity contribution in [3.8, 4) is 5.69 Å². The highest BCUT2D eigenvalue weighted by Crippen LogP contribution is 2.18. The minimum absolute atomic E-state index is 0.0902. The quantitative estimate of drug-likeness (QED) is 0.847. The number of nitrogens with one attached hydrogen (secondary N) is 2. The predicted octanol–water partition coefficient (Wildman–Crippen LogP) is 2.72. The number of amides is 1. The second-order valence-corrected chi connectivity index (χ2v) is 6.67. The van der Waals surface area contributed by atoms with E-state index in [4.69, 9.17) is 0 Å². The van der Waals surface area contributed by atoms with E-state index in [-0.39, 0.29) is 11.7 Å². The number of aryl methyl sites for hydroxylation is 1. The van der Waals surface area contributed by atoms with E-state index in [1.807, 2.05) is 13.1 Å². The van der Waals surface area contributed by atoms with Crippen LogP contribution < -0.4 is 10.6 Å². The van der Waals surface area contributed by atoms with Crippen molar-refractivity contribution in [3.63, 3.8) is 0 Å². The van der Waals surface area contributed by atoms with Gasteiger partial charge < -0.3 is 10.6 Å². The van der Waals surface area contributed by atoms with Crippen LogP contribution in [-0.4, -0.2) is 28.8 Å². The summed E-state index contributed by atoms with van der Waals surface area (Å²) in [6.45, 7) is 4.51. The first-order chi connectivity index (χ1) is 12.1. The molecular weight excluding hydrogens is 319 g/mol. The highest BCUT2D eigenvalue weighted by atomic mass is 19.1. The molecule has 2 aromatic rings. The van der Waals surface area contributed by atoms with Crippen LogP contribution in [0.3, 0.4) is 0 Å². The summed E-state index contributed by atoms with van der Waals surface area (Å²) in [4.78, 5) is 12.1. The van der Waals surface area contributed by atoms with Gasteiger partial charge in [-0.05, 0) is 69.5 Å². The molecule has 25 heavy (non-hydrogen) atoms. The molecule has 1 aromatic carbocycles. The lowest BCUT2D eigenvalue weighted by Crippen LogP contribution is -2.29. The summed E-state index contributed by atoms with van der Waals surface area (Å²) in [7, 11) is 0. The van der Waals surface area contributed by atoms with Gasteiger partial charge in [0.25, 0.3) is 0 Å². The van der Waals surface area contributed by atoms with Crippen LogP contribution in [0.2, 0.25) is 0 Å². The minimum Gasteiger partial charge on any atom is -0.352 e. The molecule has 0 spiro atoms. The number of piperidine rings is 1. The van der Waals surface area contributed by atoms with Gasteiger partial charge in [0, 0.05) is 24.7 Å². The van der Waals surface area contributed by atoms with Crippen LogP contribution in [0.25, 0.3) is 5.69 Å². The first-order valence-electron chi connectivity index (χ1n) is 8.90. The third-order valence-electron chi connectivity index (χ3n) is 4.81. The van der Waals surface area contributed by atoms with E-state index in [2.05, 4.69) is 15.7 Å². The van der Waals surface area contributed by atoms with Gasteiger partial charge in [0.05, 0.1) is 11.4 Å². The van der Waals surface area contributed by atoms with E-state index in [0.29, 0.717) is 18.9 Å². The van der Waals surface area contributed by atoms with Crippen molar-refractivity contribution in [3.05, 3.63) is 47.5 Å². The Hall–Kier alpha value is -2.21. The van der Waals surface area contributed by atoms with Gasteiger partial charge in [-0.2, -0.15) is 5.10 Å². The van der Waals surface area contributed by atoms with E-state index in [0.717, 1.165) is 49.3 Å². The van der Waals surface area contributed by atoms with Crippen LogP contribution in [0.1, 0.15) is 36.9 Å². The summed E-state index contributed by atoms with van der Waals surface area (Å²) in [6, 6.07) is 6.19. The van der Waals surface area contributed by atoms with Gasteiger partial charge in [-0.3, -0.25) is 4.79 Å². The summed E-state index contributed by atoms with van der Waals surface area (Å²) in [5.74, 6) is 0.483. The fourth-order valence-electron chi connectivity index (χ4n) is 3.18. The number of hydrogen-bond donors (Lipinski definition) is 2. The molecule has 1 aliphatic rings. The molecule has 2 N–H and O–H groups in total. The van der Waals surface area contributed by atoms with Crippen LogP contribution in [-0.2, 0) is 11.3 Å². The molecule has 0 unspecified atom stereocenters. The van der Waals surface area contributed by atoms with Crippen molar-refractivity contribution in [1.82, 2.24) is 20.4 Å². The van der Waals surface area contributed by atoms with E-state index in [9.17, 15) is 9.18 Å². The fourth-order valence-corrected chi connectivity index (χ4v) is 3.18. The van der Waals surface area contributed by atoms with Crippen molar-refractivity contribution in [2.75, 3.05) is 13.1 Å². The molecule has 134 valence electrons. The zero-order valence-electron chi connectivity index (χ0n) is 14.6. The fraction of sp³-hybridized carbons (Fsp3) is 0.474. The Balaban J connectivity index is 1.50. The van der Waals surface area contributed by atoms with Gasteiger partial charge in [0.2, 0.25) is 5.91 Å². The second kappa shape index (κ2) is 8.25.